The van der Waals surface area contributed by atoms with Crippen LogP contribution in [0.25, 0.3) is 22.2 Å². The van der Waals surface area contributed by atoms with Gasteiger partial charge < -0.3 is 19.5 Å². The zero-order valence-electron chi connectivity index (χ0n) is 18.6. The summed E-state index contributed by atoms with van der Waals surface area (Å²) in [6.07, 6.45) is 0.0892. The molecule has 5 rings (SSSR count). The minimum Gasteiger partial charge on any atom is -0.480 e. The van der Waals surface area contributed by atoms with Crippen molar-refractivity contribution in [3.8, 4) is 17.1 Å². The van der Waals surface area contributed by atoms with Crippen LogP contribution < -0.4 is 9.64 Å². The Balaban J connectivity index is 1.59. The fraction of sp³-hybridized carbons (Fsp3) is 0.250. The van der Waals surface area contributed by atoms with Crippen molar-refractivity contribution < 1.29 is 19.0 Å². The van der Waals surface area contributed by atoms with Crippen LogP contribution in [0.3, 0.4) is 0 Å². The van der Waals surface area contributed by atoms with Crippen LogP contribution in [0.1, 0.15) is 17.2 Å². The minimum atomic E-state index is -1.30. The van der Waals surface area contributed by atoms with Gasteiger partial charge in [-0.05, 0) is 36.4 Å². The van der Waals surface area contributed by atoms with Gasteiger partial charge in [-0.3, -0.25) is 0 Å². The molecule has 1 N–H and O–H groups in total. The first-order chi connectivity index (χ1) is 17.0. The number of nitrogens with zero attached hydrogens (tertiary/aromatic N) is 5. The molecule has 0 saturated carbocycles. The Hall–Kier alpha value is -3.11. The van der Waals surface area contributed by atoms with Gasteiger partial charge in [-0.2, -0.15) is 0 Å². The number of aromatic nitrogens is 4. The SMILES string of the molecule is COc1nnc(Cl)cc1C(O)c1cc(-c2ncnc3cc(N4CCOCC4)ccc23)c(F)cc1Cl. The highest BCUT2D eigenvalue weighted by molar-refractivity contribution is 6.31. The second-order valence-electron chi connectivity index (χ2n) is 7.91. The van der Waals surface area contributed by atoms with Crippen molar-refractivity contribution in [2.75, 3.05) is 38.3 Å². The van der Waals surface area contributed by atoms with E-state index < -0.39 is 11.9 Å². The molecular weight excluding hydrogens is 496 g/mol. The van der Waals surface area contributed by atoms with Crippen LogP contribution in [-0.2, 0) is 4.74 Å². The molecule has 11 heteroatoms. The van der Waals surface area contributed by atoms with E-state index in [9.17, 15) is 5.11 Å². The first kappa shape index (κ1) is 23.6. The average molecular weight is 516 g/mol. The number of halogens is 3. The van der Waals surface area contributed by atoms with Crippen molar-refractivity contribution in [1.29, 1.82) is 0 Å². The molecule has 1 saturated heterocycles. The summed E-state index contributed by atoms with van der Waals surface area (Å²) >= 11 is 12.3. The smallest absolute Gasteiger partial charge is 0.239 e. The fourth-order valence-electron chi connectivity index (χ4n) is 4.13. The summed E-state index contributed by atoms with van der Waals surface area (Å²) in [5.74, 6) is -0.506. The topological polar surface area (TPSA) is 93.5 Å². The first-order valence-electron chi connectivity index (χ1n) is 10.8. The van der Waals surface area contributed by atoms with E-state index in [0.717, 1.165) is 24.8 Å². The number of methoxy groups -OCH3 is 1. The first-order valence-corrected chi connectivity index (χ1v) is 11.5. The maximum atomic E-state index is 15.2. The summed E-state index contributed by atoms with van der Waals surface area (Å²) < 4.78 is 25.8. The Morgan fingerprint density at radius 2 is 1.86 bits per heavy atom. The molecule has 1 atom stereocenters. The molecule has 0 amide bonds. The fourth-order valence-corrected chi connectivity index (χ4v) is 4.54. The third-order valence-electron chi connectivity index (χ3n) is 5.88. The standard InChI is InChI=1S/C24H20Cl2FN5O3/c1-34-24-17(10-21(26)30-31-24)23(33)15-9-16(19(27)11-18(15)25)22-14-3-2-13(8-20(14)28-12-29-22)32-4-6-35-7-5-32/h2-3,8-12,23,33H,4-7H2,1H3. The van der Waals surface area contributed by atoms with Crippen LogP contribution in [0.5, 0.6) is 5.88 Å². The van der Waals surface area contributed by atoms with Crippen LogP contribution in [0.2, 0.25) is 10.2 Å². The van der Waals surface area contributed by atoms with Crippen LogP contribution in [0.15, 0.2) is 42.7 Å². The molecule has 180 valence electrons. The second-order valence-corrected chi connectivity index (χ2v) is 8.71. The van der Waals surface area contributed by atoms with E-state index in [2.05, 4.69) is 25.1 Å². The summed E-state index contributed by atoms with van der Waals surface area (Å²) in [5, 5.41) is 19.4. The van der Waals surface area contributed by atoms with Crippen molar-refractivity contribution in [3.05, 3.63) is 69.8 Å². The Bertz CT molecular complexity index is 1400. The Labute approximate surface area is 210 Å². The highest BCUT2D eigenvalue weighted by Gasteiger charge is 2.24. The lowest BCUT2D eigenvalue weighted by atomic mass is 9.97. The highest BCUT2D eigenvalue weighted by Crippen LogP contribution is 2.38. The molecule has 8 nitrogen and oxygen atoms in total. The molecular formula is C24H20Cl2FN5O3. The van der Waals surface area contributed by atoms with Crippen LogP contribution in [0, 0.1) is 5.82 Å². The van der Waals surface area contributed by atoms with E-state index in [4.69, 9.17) is 32.7 Å². The van der Waals surface area contributed by atoms with E-state index >= 15 is 4.39 Å². The summed E-state index contributed by atoms with van der Waals surface area (Å²) in [4.78, 5) is 11.0. The number of fused-ring (bicyclic) bond motifs is 1. The second kappa shape index (κ2) is 9.87. The molecule has 0 bridgehead atoms. The van der Waals surface area contributed by atoms with Gasteiger partial charge in [0.2, 0.25) is 5.88 Å². The van der Waals surface area contributed by atoms with Crippen molar-refractivity contribution in [2.45, 2.75) is 6.10 Å². The zero-order valence-corrected chi connectivity index (χ0v) is 20.1. The van der Waals surface area contributed by atoms with E-state index in [1.165, 1.54) is 25.6 Å². The lowest BCUT2D eigenvalue weighted by Gasteiger charge is -2.29. The van der Waals surface area contributed by atoms with Gasteiger partial charge in [0.1, 0.15) is 18.2 Å². The normalized spacial score (nSPS) is 14.8. The number of aliphatic hydroxyl groups excluding tert-OH is 1. The van der Waals surface area contributed by atoms with Gasteiger partial charge in [0.05, 0.1) is 37.1 Å². The van der Waals surface area contributed by atoms with E-state index in [0.29, 0.717) is 29.8 Å². The van der Waals surface area contributed by atoms with Gasteiger partial charge in [-0.1, -0.05) is 23.2 Å². The minimum absolute atomic E-state index is 0.0294. The average Bonchev–Trinajstić information content (AvgIpc) is 2.88. The number of hydrogen-bond acceptors (Lipinski definition) is 8. The number of rotatable bonds is 5. The maximum Gasteiger partial charge on any atom is 0.239 e. The predicted molar refractivity (Wildman–Crippen MR) is 131 cm³/mol. The molecule has 0 radical (unpaired) electrons. The highest BCUT2D eigenvalue weighted by atomic mass is 35.5. The van der Waals surface area contributed by atoms with Gasteiger partial charge in [-0.15, -0.1) is 10.2 Å². The summed E-state index contributed by atoms with van der Waals surface area (Å²) in [7, 11) is 1.39. The largest absolute Gasteiger partial charge is 0.480 e. The molecule has 0 spiro atoms. The number of morpholine rings is 1. The predicted octanol–water partition coefficient (Wildman–Crippen LogP) is 4.46. The molecule has 0 aliphatic carbocycles. The van der Waals surface area contributed by atoms with Crippen molar-refractivity contribution >= 4 is 39.8 Å². The molecule has 3 heterocycles. The molecule has 1 aliphatic rings. The molecule has 35 heavy (non-hydrogen) atoms. The van der Waals surface area contributed by atoms with Crippen molar-refractivity contribution in [2.24, 2.45) is 0 Å². The number of anilines is 1. The van der Waals surface area contributed by atoms with Gasteiger partial charge in [0.15, 0.2) is 5.15 Å². The van der Waals surface area contributed by atoms with Gasteiger partial charge in [-0.25, -0.2) is 14.4 Å². The van der Waals surface area contributed by atoms with Crippen molar-refractivity contribution in [3.63, 3.8) is 0 Å². The van der Waals surface area contributed by atoms with Gasteiger partial charge in [0.25, 0.3) is 0 Å². The molecule has 4 aromatic rings. The third-order valence-corrected chi connectivity index (χ3v) is 6.39. The summed E-state index contributed by atoms with van der Waals surface area (Å²) in [5.41, 5.74) is 2.71. The Morgan fingerprint density at radius 3 is 2.63 bits per heavy atom. The number of ether oxygens (including phenoxy) is 2. The number of hydrogen-bond donors (Lipinski definition) is 1. The Kier molecular flexibility index (Phi) is 6.66. The molecule has 2 aromatic heterocycles. The maximum absolute atomic E-state index is 15.2. The van der Waals surface area contributed by atoms with E-state index in [-0.39, 0.29) is 32.7 Å². The third kappa shape index (κ3) is 4.60. The molecule has 1 aliphatic heterocycles. The monoisotopic (exact) mass is 515 g/mol. The number of aliphatic hydroxyl groups is 1. The quantitative estimate of drug-likeness (QED) is 0.416. The Morgan fingerprint density at radius 1 is 1.06 bits per heavy atom. The molecule has 2 aromatic carbocycles. The van der Waals surface area contributed by atoms with E-state index in [1.54, 1.807) is 0 Å². The zero-order chi connectivity index (χ0) is 24.5. The van der Waals surface area contributed by atoms with Crippen LogP contribution >= 0.6 is 23.2 Å². The van der Waals surface area contributed by atoms with Crippen molar-refractivity contribution in [1.82, 2.24) is 20.2 Å². The lowest BCUT2D eigenvalue weighted by molar-refractivity contribution is 0.122. The van der Waals surface area contributed by atoms with Gasteiger partial charge >= 0.3 is 0 Å². The van der Waals surface area contributed by atoms with E-state index in [1.807, 2.05) is 18.2 Å². The van der Waals surface area contributed by atoms with Crippen LogP contribution in [0.4, 0.5) is 10.1 Å². The van der Waals surface area contributed by atoms with Crippen LogP contribution in [-0.4, -0.2) is 58.7 Å². The summed E-state index contributed by atoms with van der Waals surface area (Å²) in [6.45, 7) is 2.90. The van der Waals surface area contributed by atoms with Gasteiger partial charge in [0, 0.05) is 40.3 Å². The number of benzene rings is 2. The summed E-state index contributed by atoms with van der Waals surface area (Å²) in [6, 6.07) is 9.81. The lowest BCUT2D eigenvalue weighted by Crippen LogP contribution is -2.36. The molecule has 1 fully saturated rings. The molecule has 1 unspecified atom stereocenters.